The highest BCUT2D eigenvalue weighted by Gasteiger charge is 2.22. The van der Waals surface area contributed by atoms with Crippen molar-refractivity contribution in [2.75, 3.05) is 11.7 Å². The van der Waals surface area contributed by atoms with Crippen molar-refractivity contribution >= 4 is 23.3 Å². The van der Waals surface area contributed by atoms with Crippen LogP contribution in [0.15, 0.2) is 47.8 Å². The lowest BCUT2D eigenvalue weighted by Crippen LogP contribution is -2.24. The second-order valence-corrected chi connectivity index (χ2v) is 6.81. The number of thioether (sulfide) groups is 1. The molecule has 1 amide bonds. The number of aromatic nitrogens is 6. The molecule has 1 N–H and O–H groups in total. The molecule has 0 aliphatic heterocycles. The molecule has 148 valence electrons. The molecule has 0 saturated carbocycles. The van der Waals surface area contributed by atoms with Gasteiger partial charge in [0.15, 0.2) is 5.65 Å². The fourth-order valence-electron chi connectivity index (χ4n) is 2.82. The summed E-state index contributed by atoms with van der Waals surface area (Å²) in [6.45, 7) is 1.68. The summed E-state index contributed by atoms with van der Waals surface area (Å²) in [5.41, 5.74) is 3.40. The van der Waals surface area contributed by atoms with E-state index in [1.165, 1.54) is 28.7 Å². The normalized spacial score (nSPS) is 11.3. The number of aryl methyl sites for hydroxylation is 1. The molecule has 11 heteroatoms. The molecular weight excluding hydrogens is 400 g/mol. The molecule has 0 aliphatic rings. The Morgan fingerprint density at radius 1 is 1.21 bits per heavy atom. The van der Waals surface area contributed by atoms with Crippen molar-refractivity contribution in [3.8, 4) is 11.3 Å². The van der Waals surface area contributed by atoms with Crippen molar-refractivity contribution in [1.29, 1.82) is 0 Å². The number of amides is 1. The molecule has 0 atom stereocenters. The highest BCUT2D eigenvalue weighted by molar-refractivity contribution is 7.98. The van der Waals surface area contributed by atoms with E-state index in [0.717, 1.165) is 4.52 Å². The first-order valence-corrected chi connectivity index (χ1v) is 9.71. The van der Waals surface area contributed by atoms with Gasteiger partial charge in [-0.15, -0.1) is 10.2 Å². The molecule has 0 saturated heterocycles. The summed E-state index contributed by atoms with van der Waals surface area (Å²) in [6.07, 6.45) is 0.225. The highest BCUT2D eigenvalue weighted by atomic mass is 32.2. The molecule has 8 nitrogen and oxygen atoms in total. The van der Waals surface area contributed by atoms with Crippen LogP contribution in [-0.4, -0.2) is 41.6 Å². The van der Waals surface area contributed by atoms with Gasteiger partial charge in [0.1, 0.15) is 17.1 Å². The van der Waals surface area contributed by atoms with Gasteiger partial charge >= 0.3 is 0 Å². The smallest absolute Gasteiger partial charge is 0.267 e. The van der Waals surface area contributed by atoms with Crippen LogP contribution in [-0.2, 0) is 0 Å². The first kappa shape index (κ1) is 19.0. The first-order valence-electron chi connectivity index (χ1n) is 8.49. The van der Waals surface area contributed by atoms with E-state index >= 15 is 0 Å². The number of benzene rings is 1. The third-order valence-electron chi connectivity index (χ3n) is 4.23. The summed E-state index contributed by atoms with van der Waals surface area (Å²) in [4.78, 5) is 17.3. The number of carbonyl (C=O) groups excluding carboxylic acids is 1. The maximum atomic E-state index is 13.6. The minimum atomic E-state index is -2.79. The van der Waals surface area contributed by atoms with Gasteiger partial charge in [-0.3, -0.25) is 10.2 Å². The van der Waals surface area contributed by atoms with E-state index in [-0.39, 0.29) is 16.9 Å². The van der Waals surface area contributed by atoms with Crippen molar-refractivity contribution in [1.82, 2.24) is 29.5 Å². The molecule has 0 unspecified atom stereocenters. The first-order chi connectivity index (χ1) is 14.0. The summed E-state index contributed by atoms with van der Waals surface area (Å²) in [7, 11) is 0. The molecule has 0 aliphatic carbocycles. The van der Waals surface area contributed by atoms with Crippen molar-refractivity contribution in [2.24, 2.45) is 0 Å². The van der Waals surface area contributed by atoms with E-state index in [9.17, 15) is 13.6 Å². The van der Waals surface area contributed by atoms with Crippen molar-refractivity contribution < 1.29 is 13.6 Å². The summed E-state index contributed by atoms with van der Waals surface area (Å²) >= 11 is 1.30. The van der Waals surface area contributed by atoms with Crippen LogP contribution in [0.2, 0.25) is 0 Å². The maximum Gasteiger partial charge on any atom is 0.280 e. The minimum absolute atomic E-state index is 0.0376. The Balaban J connectivity index is 1.82. The molecule has 0 bridgehead atoms. The lowest BCUT2D eigenvalue weighted by molar-refractivity contribution is 0.101. The van der Waals surface area contributed by atoms with Crippen molar-refractivity contribution in [3.05, 3.63) is 59.7 Å². The topological polar surface area (TPSA) is 90.0 Å². The zero-order valence-electron chi connectivity index (χ0n) is 15.4. The van der Waals surface area contributed by atoms with Gasteiger partial charge in [0, 0.05) is 5.56 Å². The van der Waals surface area contributed by atoms with Crippen molar-refractivity contribution in [2.45, 2.75) is 18.5 Å². The number of carbonyl (C=O) groups is 1. The van der Waals surface area contributed by atoms with Crippen LogP contribution in [0.1, 0.15) is 28.3 Å². The molecule has 0 fully saturated rings. The number of nitrogens with one attached hydrogen (secondary N) is 1. The predicted molar refractivity (Wildman–Crippen MR) is 104 cm³/mol. The predicted octanol–water partition coefficient (Wildman–Crippen LogP) is 3.34. The van der Waals surface area contributed by atoms with Gasteiger partial charge in [0.25, 0.3) is 12.3 Å². The van der Waals surface area contributed by atoms with E-state index in [2.05, 4.69) is 25.7 Å². The summed E-state index contributed by atoms with van der Waals surface area (Å²) in [6, 6.07) is 10.2. The third-order valence-corrected chi connectivity index (χ3v) is 4.86. The number of rotatable bonds is 5. The largest absolute Gasteiger partial charge is 0.280 e. The lowest BCUT2D eigenvalue weighted by Gasteiger charge is -2.10. The second-order valence-electron chi connectivity index (χ2n) is 6.04. The Hall–Kier alpha value is -3.34. The standard InChI is InChI=1S/C18H15F2N7OS/c1-10-23-24-18(29-2)26(10)25-17(28)12-9-21-27-14(15(19)20)8-13(22-16(12)27)11-6-4-3-5-7-11/h3-9,15H,1-2H3,(H,25,28). The molecule has 3 heterocycles. The van der Waals surface area contributed by atoms with Gasteiger partial charge in [-0.2, -0.15) is 5.10 Å². The summed E-state index contributed by atoms with van der Waals surface area (Å²) in [5, 5.41) is 12.3. The Kier molecular flexibility index (Phi) is 4.97. The zero-order valence-corrected chi connectivity index (χ0v) is 16.2. The SMILES string of the molecule is CSc1nnc(C)n1NC(=O)c1cnn2c(C(F)F)cc(-c3ccccc3)nc12. The highest BCUT2D eigenvalue weighted by Crippen LogP contribution is 2.26. The van der Waals surface area contributed by atoms with Gasteiger partial charge < -0.3 is 0 Å². The molecule has 3 aromatic heterocycles. The third kappa shape index (κ3) is 3.44. The fraction of sp³-hybridized carbons (Fsp3) is 0.167. The van der Waals surface area contributed by atoms with E-state index in [1.54, 1.807) is 37.4 Å². The molecule has 4 aromatic rings. The Bertz CT molecular complexity index is 1190. The Morgan fingerprint density at radius 2 is 1.97 bits per heavy atom. The molecule has 0 spiro atoms. The van der Waals surface area contributed by atoms with Crippen LogP contribution in [0.25, 0.3) is 16.9 Å². The van der Waals surface area contributed by atoms with Crippen LogP contribution in [0.3, 0.4) is 0 Å². The van der Waals surface area contributed by atoms with E-state index in [0.29, 0.717) is 22.2 Å². The molecule has 1 aromatic carbocycles. The molecule has 29 heavy (non-hydrogen) atoms. The van der Waals surface area contributed by atoms with E-state index in [4.69, 9.17) is 0 Å². The van der Waals surface area contributed by atoms with Crippen LogP contribution in [0.4, 0.5) is 8.78 Å². The quantitative estimate of drug-likeness (QED) is 0.503. The number of hydrogen-bond acceptors (Lipinski definition) is 6. The zero-order chi connectivity index (χ0) is 20.5. The average molecular weight is 415 g/mol. The van der Waals surface area contributed by atoms with Crippen LogP contribution in [0.5, 0.6) is 0 Å². The molecular formula is C18H15F2N7OS. The lowest BCUT2D eigenvalue weighted by atomic mass is 10.1. The van der Waals surface area contributed by atoms with Crippen LogP contribution < -0.4 is 5.43 Å². The van der Waals surface area contributed by atoms with Gasteiger partial charge in [-0.05, 0) is 19.2 Å². The van der Waals surface area contributed by atoms with E-state index in [1.807, 2.05) is 6.07 Å². The minimum Gasteiger partial charge on any atom is -0.267 e. The molecule has 4 rings (SSSR count). The maximum absolute atomic E-state index is 13.6. The summed E-state index contributed by atoms with van der Waals surface area (Å²) < 4.78 is 29.7. The van der Waals surface area contributed by atoms with E-state index < -0.39 is 12.3 Å². The number of alkyl halides is 2. The number of halogens is 2. The van der Waals surface area contributed by atoms with Gasteiger partial charge in [0.2, 0.25) is 5.16 Å². The Morgan fingerprint density at radius 3 is 2.66 bits per heavy atom. The number of hydrogen-bond donors (Lipinski definition) is 1. The average Bonchev–Trinajstić information content (AvgIpc) is 3.31. The monoisotopic (exact) mass is 415 g/mol. The Labute approximate surface area is 167 Å². The number of nitrogens with zero attached hydrogens (tertiary/aromatic N) is 6. The van der Waals surface area contributed by atoms with Gasteiger partial charge in [0.05, 0.1) is 11.9 Å². The summed E-state index contributed by atoms with van der Waals surface area (Å²) in [5.74, 6) is -0.0819. The number of fused-ring (bicyclic) bond motifs is 1. The van der Waals surface area contributed by atoms with Gasteiger partial charge in [-0.25, -0.2) is 23.0 Å². The van der Waals surface area contributed by atoms with Crippen molar-refractivity contribution in [3.63, 3.8) is 0 Å². The molecule has 0 radical (unpaired) electrons. The van der Waals surface area contributed by atoms with Crippen LogP contribution >= 0.6 is 11.8 Å². The van der Waals surface area contributed by atoms with Crippen LogP contribution in [0, 0.1) is 6.92 Å². The van der Waals surface area contributed by atoms with Gasteiger partial charge in [-0.1, -0.05) is 42.1 Å². The second kappa shape index (κ2) is 7.59. The fourth-order valence-corrected chi connectivity index (χ4v) is 3.31.